The van der Waals surface area contributed by atoms with Crippen LogP contribution in [0.4, 0.5) is 0 Å². The average molecular weight is 294 g/mol. The highest BCUT2D eigenvalue weighted by Gasteiger charge is 2.09. The van der Waals surface area contributed by atoms with Gasteiger partial charge in [-0.15, -0.1) is 0 Å². The Labute approximate surface area is 129 Å². The Kier molecular flexibility index (Phi) is 8.87. The fourth-order valence-electron chi connectivity index (χ4n) is 2.36. The Morgan fingerprint density at radius 1 is 1.14 bits per heavy atom. The van der Waals surface area contributed by atoms with E-state index < -0.39 is 0 Å². The molecule has 0 aliphatic rings. The topological polar surface area (TPSA) is 33.7 Å². The van der Waals surface area contributed by atoms with Crippen LogP contribution in [0, 0.1) is 0 Å². The summed E-state index contributed by atoms with van der Waals surface area (Å²) in [6, 6.07) is 6.04. The summed E-state index contributed by atoms with van der Waals surface area (Å²) in [7, 11) is 1.68. The van der Waals surface area contributed by atoms with Gasteiger partial charge < -0.3 is 19.7 Å². The molecule has 4 heteroatoms. The lowest BCUT2D eigenvalue weighted by atomic mass is 10.2. The SMILES string of the molecule is CCOc1c(CNCCCN(CC)CC)cccc1OC. The Morgan fingerprint density at radius 3 is 2.52 bits per heavy atom. The van der Waals surface area contributed by atoms with E-state index in [2.05, 4.69) is 30.1 Å². The number of hydrogen-bond donors (Lipinski definition) is 1. The molecule has 120 valence electrons. The van der Waals surface area contributed by atoms with Crippen LogP contribution in [0.3, 0.4) is 0 Å². The summed E-state index contributed by atoms with van der Waals surface area (Å²) in [5, 5.41) is 3.49. The van der Waals surface area contributed by atoms with Gasteiger partial charge in [-0.05, 0) is 45.6 Å². The van der Waals surface area contributed by atoms with Gasteiger partial charge in [-0.25, -0.2) is 0 Å². The normalized spacial score (nSPS) is 10.9. The molecule has 1 N–H and O–H groups in total. The van der Waals surface area contributed by atoms with Crippen LogP contribution in [0.2, 0.25) is 0 Å². The molecule has 1 rings (SSSR count). The summed E-state index contributed by atoms with van der Waals surface area (Å²) in [5.41, 5.74) is 1.15. The van der Waals surface area contributed by atoms with E-state index >= 15 is 0 Å². The Bertz CT molecular complexity index is 392. The van der Waals surface area contributed by atoms with Gasteiger partial charge in [0.1, 0.15) is 0 Å². The first-order valence-corrected chi connectivity index (χ1v) is 7.98. The van der Waals surface area contributed by atoms with Gasteiger partial charge >= 0.3 is 0 Å². The number of rotatable bonds is 11. The Morgan fingerprint density at radius 2 is 1.90 bits per heavy atom. The van der Waals surface area contributed by atoms with E-state index in [4.69, 9.17) is 9.47 Å². The highest BCUT2D eigenvalue weighted by Crippen LogP contribution is 2.30. The molecule has 0 saturated carbocycles. The molecule has 1 aromatic carbocycles. The fraction of sp³-hybridized carbons (Fsp3) is 0.647. The second kappa shape index (κ2) is 10.5. The molecule has 0 aliphatic carbocycles. The molecule has 0 atom stereocenters. The number of benzene rings is 1. The standard InChI is InChI=1S/C17H30N2O2/c1-5-19(6-2)13-9-12-18-14-15-10-8-11-16(20-4)17(15)21-7-3/h8,10-11,18H,5-7,9,12-14H2,1-4H3. The van der Waals surface area contributed by atoms with Crippen molar-refractivity contribution in [3.8, 4) is 11.5 Å². The largest absolute Gasteiger partial charge is 0.493 e. The zero-order valence-electron chi connectivity index (χ0n) is 13.9. The van der Waals surface area contributed by atoms with E-state index in [-0.39, 0.29) is 0 Å². The van der Waals surface area contributed by atoms with Crippen LogP contribution < -0.4 is 14.8 Å². The maximum atomic E-state index is 5.72. The molecule has 0 fully saturated rings. The number of nitrogens with one attached hydrogen (secondary N) is 1. The Balaban J connectivity index is 2.44. The molecule has 0 unspecified atom stereocenters. The number of para-hydroxylation sites is 1. The lowest BCUT2D eigenvalue weighted by Gasteiger charge is -2.18. The fourth-order valence-corrected chi connectivity index (χ4v) is 2.36. The van der Waals surface area contributed by atoms with Crippen LogP contribution in [-0.4, -0.2) is 44.8 Å². The van der Waals surface area contributed by atoms with Gasteiger partial charge in [-0.2, -0.15) is 0 Å². The van der Waals surface area contributed by atoms with Crippen molar-refractivity contribution in [2.75, 3.05) is 39.9 Å². The molecule has 0 saturated heterocycles. The molecule has 0 aromatic heterocycles. The molecule has 0 amide bonds. The zero-order chi connectivity index (χ0) is 15.5. The minimum atomic E-state index is 0.648. The van der Waals surface area contributed by atoms with Crippen LogP contribution in [0.15, 0.2) is 18.2 Å². The third-order valence-electron chi connectivity index (χ3n) is 3.61. The first-order valence-electron chi connectivity index (χ1n) is 7.98. The van der Waals surface area contributed by atoms with Gasteiger partial charge in [0.05, 0.1) is 13.7 Å². The summed E-state index contributed by atoms with van der Waals surface area (Å²) in [5.74, 6) is 1.66. The highest BCUT2D eigenvalue weighted by atomic mass is 16.5. The van der Waals surface area contributed by atoms with Gasteiger partial charge in [0, 0.05) is 12.1 Å². The third-order valence-corrected chi connectivity index (χ3v) is 3.61. The summed E-state index contributed by atoms with van der Waals surface area (Å²) >= 11 is 0. The van der Waals surface area contributed by atoms with Crippen molar-refractivity contribution in [2.24, 2.45) is 0 Å². The number of methoxy groups -OCH3 is 1. The quantitative estimate of drug-likeness (QED) is 0.636. The Hall–Kier alpha value is -1.26. The second-order valence-electron chi connectivity index (χ2n) is 4.94. The van der Waals surface area contributed by atoms with E-state index in [0.717, 1.165) is 56.2 Å². The molecular formula is C17H30N2O2. The summed E-state index contributed by atoms with van der Waals surface area (Å²) in [4.78, 5) is 2.44. The summed E-state index contributed by atoms with van der Waals surface area (Å²) in [6.45, 7) is 12.3. The third kappa shape index (κ3) is 5.94. The van der Waals surface area contributed by atoms with E-state index in [1.54, 1.807) is 7.11 Å². The van der Waals surface area contributed by atoms with E-state index in [1.165, 1.54) is 0 Å². The van der Waals surface area contributed by atoms with E-state index in [9.17, 15) is 0 Å². The lowest BCUT2D eigenvalue weighted by molar-refractivity contribution is 0.296. The van der Waals surface area contributed by atoms with Gasteiger partial charge in [-0.3, -0.25) is 0 Å². The predicted molar refractivity (Wildman–Crippen MR) is 88.3 cm³/mol. The lowest BCUT2D eigenvalue weighted by Crippen LogP contribution is -2.27. The molecule has 0 spiro atoms. The molecule has 0 heterocycles. The van der Waals surface area contributed by atoms with Crippen LogP contribution in [0.1, 0.15) is 32.8 Å². The maximum absolute atomic E-state index is 5.72. The van der Waals surface area contributed by atoms with Crippen LogP contribution >= 0.6 is 0 Å². The summed E-state index contributed by atoms with van der Waals surface area (Å²) in [6.07, 6.45) is 1.16. The van der Waals surface area contributed by atoms with Gasteiger partial charge in [-0.1, -0.05) is 26.0 Å². The average Bonchev–Trinajstić information content (AvgIpc) is 2.52. The van der Waals surface area contributed by atoms with Gasteiger partial charge in [0.15, 0.2) is 11.5 Å². The van der Waals surface area contributed by atoms with Crippen LogP contribution in [0.5, 0.6) is 11.5 Å². The molecule has 21 heavy (non-hydrogen) atoms. The smallest absolute Gasteiger partial charge is 0.165 e. The predicted octanol–water partition coefficient (Wildman–Crippen LogP) is 2.92. The van der Waals surface area contributed by atoms with Crippen LogP contribution in [-0.2, 0) is 6.54 Å². The highest BCUT2D eigenvalue weighted by molar-refractivity contribution is 5.46. The van der Waals surface area contributed by atoms with Gasteiger partial charge in [0.2, 0.25) is 0 Å². The van der Waals surface area contributed by atoms with Gasteiger partial charge in [0.25, 0.3) is 0 Å². The number of nitrogens with zero attached hydrogens (tertiary/aromatic N) is 1. The molecular weight excluding hydrogens is 264 g/mol. The van der Waals surface area contributed by atoms with Crippen LogP contribution in [0.25, 0.3) is 0 Å². The van der Waals surface area contributed by atoms with Crippen molar-refractivity contribution in [1.82, 2.24) is 10.2 Å². The first kappa shape index (κ1) is 17.8. The van der Waals surface area contributed by atoms with Crippen molar-refractivity contribution in [3.63, 3.8) is 0 Å². The molecule has 0 aliphatic heterocycles. The van der Waals surface area contributed by atoms with Crippen molar-refractivity contribution in [3.05, 3.63) is 23.8 Å². The molecule has 1 aromatic rings. The van der Waals surface area contributed by atoms with Crippen molar-refractivity contribution < 1.29 is 9.47 Å². The van der Waals surface area contributed by atoms with E-state index in [0.29, 0.717) is 6.61 Å². The minimum absolute atomic E-state index is 0.648. The number of ether oxygens (including phenoxy) is 2. The second-order valence-corrected chi connectivity index (χ2v) is 4.94. The monoisotopic (exact) mass is 294 g/mol. The first-order chi connectivity index (χ1) is 10.3. The van der Waals surface area contributed by atoms with Crippen molar-refractivity contribution >= 4 is 0 Å². The minimum Gasteiger partial charge on any atom is -0.493 e. The van der Waals surface area contributed by atoms with E-state index in [1.807, 2.05) is 19.1 Å². The molecule has 4 nitrogen and oxygen atoms in total. The maximum Gasteiger partial charge on any atom is 0.165 e. The van der Waals surface area contributed by atoms with Crippen molar-refractivity contribution in [2.45, 2.75) is 33.7 Å². The van der Waals surface area contributed by atoms with Crippen molar-refractivity contribution in [1.29, 1.82) is 0 Å². The zero-order valence-corrected chi connectivity index (χ0v) is 13.9. The number of hydrogen-bond acceptors (Lipinski definition) is 4. The molecule has 0 bridgehead atoms. The summed E-state index contributed by atoms with van der Waals surface area (Å²) < 4.78 is 11.1. The molecule has 0 radical (unpaired) electrons.